The average molecular weight is 487 g/mol. The maximum Gasteiger partial charge on any atom is 0.341 e. The molecular weight excluding hydrogens is 464 g/mol. The van der Waals surface area contributed by atoms with E-state index in [2.05, 4.69) is 10.6 Å². The third-order valence-electron chi connectivity index (χ3n) is 4.58. The van der Waals surface area contributed by atoms with Gasteiger partial charge in [-0.2, -0.15) is 0 Å². The van der Waals surface area contributed by atoms with E-state index in [1.807, 2.05) is 6.92 Å². The molecule has 1 heterocycles. The molecule has 0 saturated carbocycles. The second-order valence-corrected chi connectivity index (χ2v) is 8.29. The Bertz CT molecular complexity index is 1190. The third kappa shape index (κ3) is 5.71. The fourth-order valence-corrected chi connectivity index (χ4v) is 4.38. The van der Waals surface area contributed by atoms with Gasteiger partial charge in [-0.25, -0.2) is 4.79 Å². The lowest BCUT2D eigenvalue weighted by atomic mass is 10.1. The van der Waals surface area contributed by atoms with E-state index >= 15 is 0 Å². The average Bonchev–Trinajstić information content (AvgIpc) is 3.11. The van der Waals surface area contributed by atoms with Gasteiger partial charge in [0, 0.05) is 10.6 Å². The van der Waals surface area contributed by atoms with Crippen LogP contribution in [0.1, 0.15) is 49.8 Å². The molecule has 0 unspecified atom stereocenters. The molecule has 0 saturated heterocycles. The zero-order valence-corrected chi connectivity index (χ0v) is 19.9. The van der Waals surface area contributed by atoms with Crippen molar-refractivity contribution in [1.29, 1.82) is 0 Å². The summed E-state index contributed by atoms with van der Waals surface area (Å²) in [5, 5.41) is 6.17. The molecule has 2 aromatic carbocycles. The highest BCUT2D eigenvalue weighted by Gasteiger charge is 2.27. The molecule has 0 bridgehead atoms. The lowest BCUT2D eigenvalue weighted by Gasteiger charge is -2.11. The van der Waals surface area contributed by atoms with Crippen molar-refractivity contribution in [1.82, 2.24) is 0 Å². The topological polar surface area (TPSA) is 93.7 Å². The molecule has 0 radical (unpaired) electrons. The fourth-order valence-electron chi connectivity index (χ4n) is 3.10. The van der Waals surface area contributed by atoms with Gasteiger partial charge in [-0.3, -0.25) is 9.59 Å². The zero-order chi connectivity index (χ0) is 24.0. The maximum absolute atomic E-state index is 13.1. The number of amides is 2. The van der Waals surface area contributed by atoms with Crippen LogP contribution < -0.4 is 15.4 Å². The van der Waals surface area contributed by atoms with Gasteiger partial charge in [0.1, 0.15) is 10.8 Å². The Morgan fingerprint density at radius 2 is 1.73 bits per heavy atom. The molecule has 9 heteroatoms. The summed E-state index contributed by atoms with van der Waals surface area (Å²) in [7, 11) is 0. The molecule has 2 amide bonds. The van der Waals surface area contributed by atoms with Crippen LogP contribution in [-0.4, -0.2) is 31.0 Å². The molecule has 2 N–H and O–H groups in total. The van der Waals surface area contributed by atoms with Crippen molar-refractivity contribution in [2.45, 2.75) is 20.8 Å². The van der Waals surface area contributed by atoms with Crippen molar-refractivity contribution in [3.63, 3.8) is 0 Å². The summed E-state index contributed by atoms with van der Waals surface area (Å²) in [6.45, 7) is 5.77. The van der Waals surface area contributed by atoms with E-state index in [1.165, 1.54) is 6.07 Å². The second-order valence-electron chi connectivity index (χ2n) is 6.83. The quantitative estimate of drug-likeness (QED) is 0.393. The van der Waals surface area contributed by atoms with Crippen LogP contribution in [0.2, 0.25) is 5.02 Å². The molecule has 0 atom stereocenters. The van der Waals surface area contributed by atoms with Gasteiger partial charge in [-0.05, 0) is 56.7 Å². The van der Waals surface area contributed by atoms with E-state index in [4.69, 9.17) is 21.1 Å². The third-order valence-corrected chi connectivity index (χ3v) is 6.02. The zero-order valence-electron chi connectivity index (χ0n) is 18.4. The van der Waals surface area contributed by atoms with Crippen molar-refractivity contribution < 1.29 is 23.9 Å². The number of anilines is 2. The number of halogens is 1. The van der Waals surface area contributed by atoms with Crippen LogP contribution in [0.3, 0.4) is 0 Å². The fraction of sp³-hybridized carbons (Fsp3) is 0.208. The standard InChI is InChI=1S/C24H23ClN2O5S/c1-4-31-18-12-7-6-11-17(18)26-22(29)20-14(3)19(24(30)32-5-2)23(33-20)27-21(28)15-9-8-10-16(25)13-15/h6-13H,4-5H2,1-3H3,(H,26,29)(H,27,28). The lowest BCUT2D eigenvalue weighted by Crippen LogP contribution is -2.15. The van der Waals surface area contributed by atoms with Crippen molar-refractivity contribution in [2.75, 3.05) is 23.8 Å². The number of benzene rings is 2. The SMILES string of the molecule is CCOC(=O)c1c(NC(=O)c2cccc(Cl)c2)sc(C(=O)Nc2ccccc2OCC)c1C. The Morgan fingerprint density at radius 3 is 2.42 bits per heavy atom. The molecule has 7 nitrogen and oxygen atoms in total. The van der Waals surface area contributed by atoms with Gasteiger partial charge in [0.25, 0.3) is 11.8 Å². The number of nitrogens with one attached hydrogen (secondary N) is 2. The molecule has 3 rings (SSSR count). The van der Waals surface area contributed by atoms with Crippen LogP contribution >= 0.6 is 22.9 Å². The highest BCUT2D eigenvalue weighted by atomic mass is 35.5. The van der Waals surface area contributed by atoms with Crippen molar-refractivity contribution in [3.05, 3.63) is 75.1 Å². The van der Waals surface area contributed by atoms with E-state index < -0.39 is 17.8 Å². The van der Waals surface area contributed by atoms with Crippen LogP contribution in [0.25, 0.3) is 0 Å². The molecule has 0 spiro atoms. The second kappa shape index (κ2) is 11.0. The van der Waals surface area contributed by atoms with Crippen molar-refractivity contribution in [3.8, 4) is 5.75 Å². The predicted octanol–water partition coefficient (Wildman–Crippen LogP) is 5.79. The van der Waals surface area contributed by atoms with Crippen LogP contribution in [0.4, 0.5) is 10.7 Å². The van der Waals surface area contributed by atoms with Gasteiger partial charge in [-0.15, -0.1) is 11.3 Å². The predicted molar refractivity (Wildman–Crippen MR) is 130 cm³/mol. The number of rotatable bonds is 8. The number of carbonyl (C=O) groups is 3. The number of ether oxygens (including phenoxy) is 2. The van der Waals surface area contributed by atoms with Gasteiger partial charge >= 0.3 is 5.97 Å². The van der Waals surface area contributed by atoms with Crippen LogP contribution in [0, 0.1) is 6.92 Å². The number of para-hydroxylation sites is 2. The molecule has 33 heavy (non-hydrogen) atoms. The van der Waals surface area contributed by atoms with E-state index in [1.54, 1.807) is 56.3 Å². The first kappa shape index (κ1) is 24.3. The normalized spacial score (nSPS) is 10.4. The summed E-state index contributed by atoms with van der Waals surface area (Å²) in [4.78, 5) is 38.8. The number of esters is 1. The summed E-state index contributed by atoms with van der Waals surface area (Å²) < 4.78 is 10.7. The summed E-state index contributed by atoms with van der Waals surface area (Å²) >= 11 is 6.98. The Kier molecular flexibility index (Phi) is 8.08. The number of hydrogen-bond donors (Lipinski definition) is 2. The number of thiophene rings is 1. The maximum atomic E-state index is 13.1. The molecule has 0 aliphatic heterocycles. The lowest BCUT2D eigenvalue weighted by molar-refractivity contribution is 0.0527. The van der Waals surface area contributed by atoms with E-state index in [-0.39, 0.29) is 22.0 Å². The molecular formula is C24H23ClN2O5S. The van der Waals surface area contributed by atoms with Crippen molar-refractivity contribution in [2.24, 2.45) is 0 Å². The Balaban J connectivity index is 1.95. The largest absolute Gasteiger partial charge is 0.492 e. The first-order valence-electron chi connectivity index (χ1n) is 10.3. The molecule has 0 aliphatic rings. The van der Waals surface area contributed by atoms with Crippen LogP contribution in [-0.2, 0) is 4.74 Å². The highest BCUT2D eigenvalue weighted by molar-refractivity contribution is 7.19. The molecule has 172 valence electrons. The molecule has 3 aromatic rings. The summed E-state index contributed by atoms with van der Waals surface area (Å²) in [6.07, 6.45) is 0. The van der Waals surface area contributed by atoms with Crippen LogP contribution in [0.15, 0.2) is 48.5 Å². The van der Waals surface area contributed by atoms with Gasteiger partial charge in [-0.1, -0.05) is 29.8 Å². The highest BCUT2D eigenvalue weighted by Crippen LogP contribution is 2.35. The van der Waals surface area contributed by atoms with Gasteiger partial charge in [0.05, 0.1) is 29.3 Å². The number of carbonyl (C=O) groups excluding carboxylic acids is 3. The molecule has 1 aromatic heterocycles. The van der Waals surface area contributed by atoms with Crippen LogP contribution in [0.5, 0.6) is 5.75 Å². The van der Waals surface area contributed by atoms with E-state index in [0.29, 0.717) is 34.2 Å². The molecule has 0 fully saturated rings. The smallest absolute Gasteiger partial charge is 0.341 e. The first-order valence-corrected chi connectivity index (χ1v) is 11.5. The first-order chi connectivity index (χ1) is 15.8. The summed E-state index contributed by atoms with van der Waals surface area (Å²) in [5.74, 6) is -0.986. The van der Waals surface area contributed by atoms with Gasteiger partial charge < -0.3 is 20.1 Å². The number of hydrogen-bond acceptors (Lipinski definition) is 6. The van der Waals surface area contributed by atoms with Gasteiger partial charge in [0.15, 0.2) is 0 Å². The molecule has 0 aliphatic carbocycles. The minimum Gasteiger partial charge on any atom is -0.492 e. The Hall–Kier alpha value is -3.36. The Labute approximate surface area is 200 Å². The minimum absolute atomic E-state index is 0.139. The summed E-state index contributed by atoms with van der Waals surface area (Å²) in [5.41, 5.74) is 1.37. The Morgan fingerprint density at radius 1 is 0.970 bits per heavy atom. The monoisotopic (exact) mass is 486 g/mol. The van der Waals surface area contributed by atoms with E-state index in [0.717, 1.165) is 11.3 Å². The van der Waals surface area contributed by atoms with Crippen molar-refractivity contribution >= 4 is 51.4 Å². The van der Waals surface area contributed by atoms with Gasteiger partial charge in [0.2, 0.25) is 0 Å². The summed E-state index contributed by atoms with van der Waals surface area (Å²) in [6, 6.07) is 13.5. The minimum atomic E-state index is -0.624. The van der Waals surface area contributed by atoms with E-state index in [9.17, 15) is 14.4 Å².